The lowest BCUT2D eigenvalue weighted by Gasteiger charge is -2.20. The molecule has 0 fully saturated rings. The number of carboxylic acid groups (broad SMARTS) is 1. The van der Waals surface area contributed by atoms with Gasteiger partial charge in [-0.1, -0.05) is 18.2 Å². The van der Waals surface area contributed by atoms with Crippen LogP contribution in [-0.2, 0) is 22.4 Å². The smallest absolute Gasteiger partial charge is 0.471 e. The Morgan fingerprint density at radius 2 is 1.76 bits per heavy atom. The Hall–Kier alpha value is -2.05. The van der Waals surface area contributed by atoms with Crippen molar-refractivity contribution in [2.24, 2.45) is 0 Å². The molecule has 0 bridgehead atoms. The highest BCUT2D eigenvalue weighted by molar-refractivity contribution is 5.87. The molecule has 1 aliphatic rings. The minimum Gasteiger partial charge on any atom is -0.479 e. The number of carbonyl (C=O) groups excluding carboxylic acids is 1. The number of carbonyl (C=O) groups is 2. The summed E-state index contributed by atoms with van der Waals surface area (Å²) in [5.74, 6) is -3.78. The summed E-state index contributed by atoms with van der Waals surface area (Å²) in [7, 11) is 0. The van der Waals surface area contributed by atoms with Crippen molar-refractivity contribution in [2.45, 2.75) is 37.9 Å². The molecule has 1 aliphatic carbocycles. The topological polar surface area (TPSA) is 66.4 Å². The van der Waals surface area contributed by atoms with Crippen molar-refractivity contribution >= 4 is 11.9 Å². The number of amides is 1. The van der Waals surface area contributed by atoms with E-state index in [0.29, 0.717) is 0 Å². The van der Waals surface area contributed by atoms with Crippen LogP contribution in [0, 0.1) is 0 Å². The zero-order chi connectivity index (χ0) is 15.6. The van der Waals surface area contributed by atoms with E-state index in [4.69, 9.17) is 5.11 Å². The number of halogens is 3. The van der Waals surface area contributed by atoms with E-state index in [1.54, 1.807) is 12.1 Å². The van der Waals surface area contributed by atoms with E-state index in [0.717, 1.165) is 36.8 Å². The van der Waals surface area contributed by atoms with Crippen LogP contribution in [0.25, 0.3) is 0 Å². The van der Waals surface area contributed by atoms with Gasteiger partial charge in [0.2, 0.25) is 0 Å². The van der Waals surface area contributed by atoms with Crippen LogP contribution in [0.4, 0.5) is 13.2 Å². The number of alkyl halides is 3. The maximum atomic E-state index is 12.3. The van der Waals surface area contributed by atoms with Crippen molar-refractivity contribution in [1.29, 1.82) is 0 Å². The van der Waals surface area contributed by atoms with Crippen LogP contribution in [0.3, 0.4) is 0 Å². The SMILES string of the molecule is O=C(O)C(NC(=O)C(F)(F)F)c1ccc2c(c1)CCCC2. The predicted octanol–water partition coefficient (Wildman–Crippen LogP) is 2.37. The third-order valence-corrected chi connectivity index (χ3v) is 3.49. The number of hydrogen-bond donors (Lipinski definition) is 2. The average molecular weight is 301 g/mol. The standard InChI is InChI=1S/C14H14F3NO3/c15-14(16,17)13(21)18-11(12(19)20)10-6-5-8-3-1-2-4-9(8)7-10/h5-7,11H,1-4H2,(H,18,21)(H,19,20). The normalized spacial score (nSPS) is 16.0. The van der Waals surface area contributed by atoms with Crippen molar-refractivity contribution < 1.29 is 27.9 Å². The molecule has 1 atom stereocenters. The van der Waals surface area contributed by atoms with Gasteiger partial charge in [0.15, 0.2) is 6.04 Å². The van der Waals surface area contributed by atoms with Crippen LogP contribution in [0.15, 0.2) is 18.2 Å². The lowest BCUT2D eigenvalue weighted by Crippen LogP contribution is -2.41. The Morgan fingerprint density at radius 3 is 2.33 bits per heavy atom. The first kappa shape index (κ1) is 15.3. The Kier molecular flexibility index (Phi) is 4.20. The van der Waals surface area contributed by atoms with Gasteiger partial charge in [-0.3, -0.25) is 4.79 Å². The number of rotatable bonds is 3. The van der Waals surface area contributed by atoms with Gasteiger partial charge in [0.1, 0.15) is 0 Å². The molecule has 0 aromatic heterocycles. The summed E-state index contributed by atoms with van der Waals surface area (Å²) in [6, 6.07) is 3.05. The summed E-state index contributed by atoms with van der Waals surface area (Å²) in [5, 5.41) is 10.6. The number of benzene rings is 1. The molecular formula is C14H14F3NO3. The first-order valence-corrected chi connectivity index (χ1v) is 6.51. The Bertz CT molecular complexity index is 569. The summed E-state index contributed by atoms with van der Waals surface area (Å²) in [6.07, 6.45) is -1.46. The number of carboxylic acids is 1. The summed E-state index contributed by atoms with van der Waals surface area (Å²) in [5.41, 5.74) is 2.17. The fraction of sp³-hybridized carbons (Fsp3) is 0.429. The molecule has 7 heteroatoms. The number of hydrogen-bond acceptors (Lipinski definition) is 2. The number of fused-ring (bicyclic) bond motifs is 1. The highest BCUT2D eigenvalue weighted by atomic mass is 19.4. The van der Waals surface area contributed by atoms with Crippen molar-refractivity contribution in [3.05, 3.63) is 34.9 Å². The summed E-state index contributed by atoms with van der Waals surface area (Å²) in [6.45, 7) is 0. The monoisotopic (exact) mass is 301 g/mol. The number of nitrogens with one attached hydrogen (secondary N) is 1. The molecule has 0 saturated carbocycles. The summed E-state index contributed by atoms with van der Waals surface area (Å²) >= 11 is 0. The van der Waals surface area contributed by atoms with E-state index in [2.05, 4.69) is 0 Å². The van der Waals surface area contributed by atoms with Crippen LogP contribution in [0.5, 0.6) is 0 Å². The van der Waals surface area contributed by atoms with Crippen LogP contribution in [0.2, 0.25) is 0 Å². The van der Waals surface area contributed by atoms with Gasteiger partial charge in [-0.2, -0.15) is 13.2 Å². The van der Waals surface area contributed by atoms with E-state index in [9.17, 15) is 22.8 Å². The van der Waals surface area contributed by atoms with Gasteiger partial charge < -0.3 is 10.4 Å². The van der Waals surface area contributed by atoms with Gasteiger partial charge >= 0.3 is 18.1 Å². The number of aliphatic carboxylic acids is 1. The molecule has 4 nitrogen and oxygen atoms in total. The van der Waals surface area contributed by atoms with Crippen molar-refractivity contribution in [3.8, 4) is 0 Å². The predicted molar refractivity (Wildman–Crippen MR) is 67.7 cm³/mol. The highest BCUT2D eigenvalue weighted by Gasteiger charge is 2.41. The molecule has 2 rings (SSSR count). The van der Waals surface area contributed by atoms with Crippen LogP contribution < -0.4 is 5.32 Å². The van der Waals surface area contributed by atoms with E-state index in [1.807, 2.05) is 0 Å². The molecule has 1 amide bonds. The second-order valence-corrected chi connectivity index (χ2v) is 4.98. The quantitative estimate of drug-likeness (QED) is 0.900. The Morgan fingerprint density at radius 1 is 1.14 bits per heavy atom. The van der Waals surface area contributed by atoms with Gasteiger partial charge in [0, 0.05) is 0 Å². The zero-order valence-electron chi connectivity index (χ0n) is 11.0. The molecular weight excluding hydrogens is 287 g/mol. The third kappa shape index (κ3) is 3.53. The average Bonchev–Trinajstić information content (AvgIpc) is 2.42. The van der Waals surface area contributed by atoms with Crippen LogP contribution in [-0.4, -0.2) is 23.2 Å². The molecule has 0 radical (unpaired) electrons. The molecule has 1 aromatic carbocycles. The maximum absolute atomic E-state index is 12.3. The van der Waals surface area contributed by atoms with Gasteiger partial charge in [0.25, 0.3) is 0 Å². The van der Waals surface area contributed by atoms with E-state index < -0.39 is 24.1 Å². The molecule has 21 heavy (non-hydrogen) atoms. The lowest BCUT2D eigenvalue weighted by atomic mass is 9.89. The van der Waals surface area contributed by atoms with Gasteiger partial charge in [-0.25, -0.2) is 4.79 Å². The Labute approximate surface area is 119 Å². The first-order chi connectivity index (χ1) is 9.79. The fourth-order valence-corrected chi connectivity index (χ4v) is 2.43. The number of aryl methyl sites for hydroxylation is 2. The maximum Gasteiger partial charge on any atom is 0.471 e. The van der Waals surface area contributed by atoms with E-state index in [1.165, 1.54) is 11.4 Å². The molecule has 1 aromatic rings. The van der Waals surface area contributed by atoms with Gasteiger partial charge in [-0.05, 0) is 42.4 Å². The first-order valence-electron chi connectivity index (χ1n) is 6.51. The largest absolute Gasteiger partial charge is 0.479 e. The molecule has 0 spiro atoms. The third-order valence-electron chi connectivity index (χ3n) is 3.49. The lowest BCUT2D eigenvalue weighted by molar-refractivity contribution is -0.175. The zero-order valence-corrected chi connectivity index (χ0v) is 11.0. The van der Waals surface area contributed by atoms with Crippen molar-refractivity contribution in [1.82, 2.24) is 5.32 Å². The molecule has 0 aliphatic heterocycles. The molecule has 1 unspecified atom stereocenters. The highest BCUT2D eigenvalue weighted by Crippen LogP contribution is 2.26. The van der Waals surface area contributed by atoms with Gasteiger partial charge in [0.05, 0.1) is 0 Å². The molecule has 114 valence electrons. The minimum atomic E-state index is -5.11. The second kappa shape index (κ2) is 5.75. The van der Waals surface area contributed by atoms with Crippen LogP contribution >= 0.6 is 0 Å². The van der Waals surface area contributed by atoms with E-state index in [-0.39, 0.29) is 5.56 Å². The summed E-state index contributed by atoms with van der Waals surface area (Å²) in [4.78, 5) is 22.1. The van der Waals surface area contributed by atoms with Gasteiger partial charge in [-0.15, -0.1) is 0 Å². The molecule has 0 heterocycles. The minimum absolute atomic E-state index is 0.153. The van der Waals surface area contributed by atoms with Crippen molar-refractivity contribution in [2.75, 3.05) is 0 Å². The Balaban J connectivity index is 2.26. The van der Waals surface area contributed by atoms with E-state index >= 15 is 0 Å². The van der Waals surface area contributed by atoms with Crippen molar-refractivity contribution in [3.63, 3.8) is 0 Å². The molecule has 2 N–H and O–H groups in total. The van der Waals surface area contributed by atoms with Crippen LogP contribution in [0.1, 0.15) is 35.6 Å². The molecule has 0 saturated heterocycles. The summed E-state index contributed by atoms with van der Waals surface area (Å²) < 4.78 is 36.8. The second-order valence-electron chi connectivity index (χ2n) is 4.98. The fourth-order valence-electron chi connectivity index (χ4n) is 2.43.